The molecule has 0 fully saturated rings. The fourth-order valence-corrected chi connectivity index (χ4v) is 2.32. The van der Waals surface area contributed by atoms with Gasteiger partial charge in [0.05, 0.1) is 13.5 Å². The third kappa shape index (κ3) is 5.99. The quantitative estimate of drug-likeness (QED) is 0.567. The van der Waals surface area contributed by atoms with E-state index >= 15 is 0 Å². The molecule has 8 nitrogen and oxygen atoms in total. The van der Waals surface area contributed by atoms with E-state index in [0.717, 1.165) is 8.61 Å². The lowest BCUT2D eigenvalue weighted by molar-refractivity contribution is -0.140. The van der Waals surface area contributed by atoms with Crippen LogP contribution < -0.4 is 5.32 Å². The highest BCUT2D eigenvalue weighted by atomic mass is 32.2. The second-order valence-corrected chi connectivity index (χ2v) is 6.04. The molecule has 0 aliphatic heterocycles. The predicted octanol–water partition coefficient (Wildman–Crippen LogP) is -1.21. The number of hydrogen-bond donors (Lipinski definition) is 1. The smallest absolute Gasteiger partial charge is 0.306 e. The summed E-state index contributed by atoms with van der Waals surface area (Å²) in [5, 5.41) is 2.41. The van der Waals surface area contributed by atoms with Crippen LogP contribution in [0.25, 0.3) is 0 Å². The molecule has 0 spiro atoms. The van der Waals surface area contributed by atoms with E-state index < -0.39 is 16.2 Å². The highest BCUT2D eigenvalue weighted by Crippen LogP contribution is 2.05. The van der Waals surface area contributed by atoms with Crippen LogP contribution in [0.4, 0.5) is 0 Å². The number of esters is 1. The van der Waals surface area contributed by atoms with Crippen molar-refractivity contribution in [3.8, 4) is 0 Å². The molecule has 19 heavy (non-hydrogen) atoms. The van der Waals surface area contributed by atoms with Crippen molar-refractivity contribution in [3.05, 3.63) is 0 Å². The van der Waals surface area contributed by atoms with Gasteiger partial charge >= 0.3 is 5.97 Å². The van der Waals surface area contributed by atoms with E-state index in [1.54, 1.807) is 0 Å². The maximum Gasteiger partial charge on any atom is 0.306 e. The zero-order chi connectivity index (χ0) is 15.1. The molecule has 0 aliphatic rings. The van der Waals surface area contributed by atoms with Crippen molar-refractivity contribution in [3.63, 3.8) is 0 Å². The molecule has 0 unspecified atom stereocenters. The van der Waals surface area contributed by atoms with Crippen LogP contribution in [-0.4, -0.2) is 70.2 Å². The first kappa shape index (κ1) is 17.8. The number of hydrogen-bond acceptors (Lipinski definition) is 5. The molecule has 0 saturated heterocycles. The monoisotopic (exact) mass is 295 g/mol. The Balaban J connectivity index is 4.42. The minimum atomic E-state index is -3.67. The maximum atomic E-state index is 12.0. The average molecular weight is 295 g/mol. The third-order valence-electron chi connectivity index (χ3n) is 2.58. The van der Waals surface area contributed by atoms with Crippen molar-refractivity contribution in [2.45, 2.75) is 12.8 Å². The molecule has 0 atom stereocenters. The summed E-state index contributed by atoms with van der Waals surface area (Å²) in [6.07, 6.45) is 0.0621. The van der Waals surface area contributed by atoms with Gasteiger partial charge in [-0.05, 0) is 0 Å². The van der Waals surface area contributed by atoms with Crippen molar-refractivity contribution >= 4 is 22.1 Å². The van der Waals surface area contributed by atoms with Crippen LogP contribution >= 0.6 is 0 Å². The second kappa shape index (κ2) is 8.08. The fraction of sp³-hybridized carbons (Fsp3) is 0.800. The molecule has 0 aromatic heterocycles. The van der Waals surface area contributed by atoms with Crippen LogP contribution in [0.1, 0.15) is 12.8 Å². The third-order valence-corrected chi connectivity index (χ3v) is 4.52. The number of rotatable bonds is 8. The van der Waals surface area contributed by atoms with Gasteiger partial charge in [-0.2, -0.15) is 17.0 Å². The standard InChI is InChI=1S/C10H21N3O5S/c1-11-9(14)5-7-12(2)19(16,17)13(3)8-6-10(15)18-4/h5-8H2,1-4H3,(H,11,14). The van der Waals surface area contributed by atoms with Gasteiger partial charge < -0.3 is 10.1 Å². The maximum absolute atomic E-state index is 12.0. The first-order chi connectivity index (χ1) is 8.75. The van der Waals surface area contributed by atoms with Gasteiger partial charge in [0.25, 0.3) is 10.2 Å². The van der Waals surface area contributed by atoms with Gasteiger partial charge in [-0.25, -0.2) is 0 Å². The number of ether oxygens (including phenoxy) is 1. The lowest BCUT2D eigenvalue weighted by Gasteiger charge is -2.23. The van der Waals surface area contributed by atoms with Crippen molar-refractivity contribution in [2.24, 2.45) is 0 Å². The summed E-state index contributed by atoms with van der Waals surface area (Å²) in [6, 6.07) is 0. The number of nitrogens with one attached hydrogen (secondary N) is 1. The summed E-state index contributed by atoms with van der Waals surface area (Å²) in [5.74, 6) is -0.714. The Labute approximate surface area is 113 Å². The summed E-state index contributed by atoms with van der Waals surface area (Å²) in [6.45, 7) is 0.101. The molecule has 9 heteroatoms. The van der Waals surface area contributed by atoms with Crippen LogP contribution in [0, 0.1) is 0 Å². The molecule has 0 saturated carbocycles. The van der Waals surface area contributed by atoms with Crippen molar-refractivity contribution in [2.75, 3.05) is 41.3 Å². The first-order valence-electron chi connectivity index (χ1n) is 5.70. The molecular formula is C10H21N3O5S. The molecule has 0 radical (unpaired) electrons. The summed E-state index contributed by atoms with van der Waals surface area (Å²) >= 11 is 0. The van der Waals surface area contributed by atoms with Crippen molar-refractivity contribution in [1.82, 2.24) is 13.9 Å². The Kier molecular flexibility index (Phi) is 7.57. The van der Waals surface area contributed by atoms with E-state index in [0.29, 0.717) is 0 Å². The number of methoxy groups -OCH3 is 1. The highest BCUT2D eigenvalue weighted by Gasteiger charge is 2.24. The Morgan fingerprint density at radius 3 is 2.00 bits per heavy atom. The number of carbonyl (C=O) groups is 2. The van der Waals surface area contributed by atoms with E-state index in [4.69, 9.17) is 0 Å². The van der Waals surface area contributed by atoms with Crippen LogP contribution in [0.15, 0.2) is 0 Å². The minimum Gasteiger partial charge on any atom is -0.469 e. The molecule has 1 amide bonds. The summed E-state index contributed by atoms with van der Waals surface area (Å²) in [7, 11) is 1.81. The lowest BCUT2D eigenvalue weighted by Crippen LogP contribution is -2.41. The van der Waals surface area contributed by atoms with E-state index in [1.807, 2.05) is 0 Å². The average Bonchev–Trinajstić information content (AvgIpc) is 2.40. The van der Waals surface area contributed by atoms with E-state index in [-0.39, 0.29) is 31.8 Å². The SMILES string of the molecule is CNC(=O)CCN(C)S(=O)(=O)N(C)CCC(=O)OC. The highest BCUT2D eigenvalue weighted by molar-refractivity contribution is 7.86. The molecular weight excluding hydrogens is 274 g/mol. The minimum absolute atomic E-state index is 0.0183. The number of nitrogens with zero attached hydrogens (tertiary/aromatic N) is 2. The van der Waals surface area contributed by atoms with Crippen LogP contribution in [-0.2, 0) is 24.5 Å². The van der Waals surface area contributed by atoms with Crippen LogP contribution in [0.2, 0.25) is 0 Å². The van der Waals surface area contributed by atoms with Gasteiger partial charge in [0.1, 0.15) is 0 Å². The Morgan fingerprint density at radius 2 is 1.58 bits per heavy atom. The summed E-state index contributed by atoms with van der Waals surface area (Å²) in [5.41, 5.74) is 0. The van der Waals surface area contributed by atoms with Gasteiger partial charge in [-0.1, -0.05) is 0 Å². The topological polar surface area (TPSA) is 96.0 Å². The Morgan fingerprint density at radius 1 is 1.11 bits per heavy atom. The Hall–Kier alpha value is -1.19. The van der Waals surface area contributed by atoms with E-state index in [1.165, 1.54) is 28.3 Å². The van der Waals surface area contributed by atoms with Crippen LogP contribution in [0.3, 0.4) is 0 Å². The van der Waals surface area contributed by atoms with Gasteiger partial charge in [-0.15, -0.1) is 0 Å². The van der Waals surface area contributed by atoms with Gasteiger partial charge in [-0.3, -0.25) is 9.59 Å². The molecule has 1 N–H and O–H groups in total. The normalized spacial score (nSPS) is 11.7. The molecule has 112 valence electrons. The molecule has 0 aliphatic carbocycles. The summed E-state index contributed by atoms with van der Waals surface area (Å²) in [4.78, 5) is 22.0. The lowest BCUT2D eigenvalue weighted by atomic mass is 10.4. The first-order valence-corrected chi connectivity index (χ1v) is 7.10. The van der Waals surface area contributed by atoms with E-state index in [9.17, 15) is 18.0 Å². The van der Waals surface area contributed by atoms with Crippen molar-refractivity contribution in [1.29, 1.82) is 0 Å². The molecule has 0 heterocycles. The summed E-state index contributed by atoms with van der Waals surface area (Å²) < 4.78 is 30.6. The zero-order valence-corrected chi connectivity index (χ0v) is 12.5. The molecule has 0 aromatic carbocycles. The largest absolute Gasteiger partial charge is 0.469 e. The molecule has 0 bridgehead atoms. The number of amides is 1. The van der Waals surface area contributed by atoms with Crippen molar-refractivity contribution < 1.29 is 22.7 Å². The predicted molar refractivity (Wildman–Crippen MR) is 69.5 cm³/mol. The molecule has 0 aromatic rings. The fourth-order valence-electron chi connectivity index (χ4n) is 1.20. The van der Waals surface area contributed by atoms with E-state index in [2.05, 4.69) is 10.1 Å². The number of carbonyl (C=O) groups excluding carboxylic acids is 2. The van der Waals surface area contributed by atoms with Gasteiger partial charge in [0.2, 0.25) is 5.91 Å². The second-order valence-electron chi connectivity index (χ2n) is 3.90. The van der Waals surface area contributed by atoms with Crippen LogP contribution in [0.5, 0.6) is 0 Å². The Bertz CT molecular complexity index is 377. The molecule has 0 rings (SSSR count). The van der Waals surface area contributed by atoms with Gasteiger partial charge in [0.15, 0.2) is 0 Å². The van der Waals surface area contributed by atoms with Gasteiger partial charge in [0, 0.05) is 40.7 Å². The zero-order valence-electron chi connectivity index (χ0n) is 11.7.